The summed E-state index contributed by atoms with van der Waals surface area (Å²) < 4.78 is 20.5. The van der Waals surface area contributed by atoms with Gasteiger partial charge >= 0.3 is 6.03 Å². The SMILES string of the molecule is O=C(Nc1cccc(Cl)c1)Nc1ccc(Oc2ccc3ncc(CN4CCNCC4)nc3c2)c(F)c1. The van der Waals surface area contributed by atoms with Crippen LogP contribution in [-0.4, -0.2) is 47.1 Å². The van der Waals surface area contributed by atoms with E-state index < -0.39 is 11.8 Å². The lowest BCUT2D eigenvalue weighted by atomic mass is 10.2. The van der Waals surface area contributed by atoms with Crippen molar-refractivity contribution in [2.24, 2.45) is 0 Å². The van der Waals surface area contributed by atoms with Gasteiger partial charge in [-0.05, 0) is 42.5 Å². The number of ether oxygens (including phenoxy) is 1. The first-order chi connectivity index (χ1) is 17.5. The molecule has 1 aliphatic heterocycles. The van der Waals surface area contributed by atoms with Gasteiger partial charge in [-0.2, -0.15) is 0 Å². The van der Waals surface area contributed by atoms with Gasteiger partial charge in [0.2, 0.25) is 0 Å². The maximum atomic E-state index is 14.8. The van der Waals surface area contributed by atoms with Gasteiger partial charge in [-0.25, -0.2) is 14.2 Å². The van der Waals surface area contributed by atoms with Crippen LogP contribution in [0.1, 0.15) is 5.69 Å². The van der Waals surface area contributed by atoms with Crippen LogP contribution < -0.4 is 20.7 Å². The number of carbonyl (C=O) groups is 1. The van der Waals surface area contributed by atoms with Crippen LogP contribution in [0.5, 0.6) is 11.5 Å². The number of benzene rings is 3. The van der Waals surface area contributed by atoms with Crippen LogP contribution in [0.4, 0.5) is 20.6 Å². The fourth-order valence-corrected chi connectivity index (χ4v) is 4.11. The average Bonchev–Trinajstić information content (AvgIpc) is 2.86. The highest BCUT2D eigenvalue weighted by molar-refractivity contribution is 6.30. The minimum atomic E-state index is -0.616. The number of nitrogens with zero attached hydrogens (tertiary/aromatic N) is 3. The van der Waals surface area contributed by atoms with Crippen molar-refractivity contribution >= 4 is 40.0 Å². The Morgan fingerprint density at radius 2 is 1.83 bits per heavy atom. The number of hydrogen-bond donors (Lipinski definition) is 3. The monoisotopic (exact) mass is 506 g/mol. The van der Waals surface area contributed by atoms with Crippen molar-refractivity contribution < 1.29 is 13.9 Å². The molecule has 1 saturated heterocycles. The predicted octanol–water partition coefficient (Wildman–Crippen LogP) is 5.26. The number of nitrogens with one attached hydrogen (secondary N) is 3. The summed E-state index contributed by atoms with van der Waals surface area (Å²) in [6.45, 7) is 4.59. The van der Waals surface area contributed by atoms with Gasteiger partial charge in [0.25, 0.3) is 0 Å². The molecule has 1 aliphatic rings. The molecule has 0 spiro atoms. The van der Waals surface area contributed by atoms with Gasteiger partial charge in [-0.3, -0.25) is 9.88 Å². The van der Waals surface area contributed by atoms with Gasteiger partial charge in [0, 0.05) is 61.3 Å². The van der Waals surface area contributed by atoms with Crippen molar-refractivity contribution in [3.05, 3.63) is 83.4 Å². The average molecular weight is 507 g/mol. The van der Waals surface area contributed by atoms with E-state index in [0.717, 1.165) is 43.9 Å². The quantitative estimate of drug-likeness (QED) is 0.330. The highest BCUT2D eigenvalue weighted by Gasteiger charge is 2.13. The lowest BCUT2D eigenvalue weighted by molar-refractivity contribution is 0.230. The smallest absolute Gasteiger partial charge is 0.323 e. The second-order valence-electron chi connectivity index (χ2n) is 8.37. The summed E-state index contributed by atoms with van der Waals surface area (Å²) in [6, 6.07) is 15.7. The minimum Gasteiger partial charge on any atom is -0.454 e. The fraction of sp³-hybridized carbons (Fsp3) is 0.192. The highest BCUT2D eigenvalue weighted by atomic mass is 35.5. The van der Waals surface area contributed by atoms with Crippen LogP contribution in [0.15, 0.2) is 66.9 Å². The molecule has 8 nitrogen and oxygen atoms in total. The summed E-state index contributed by atoms with van der Waals surface area (Å²) in [6.07, 6.45) is 1.79. The Hall–Kier alpha value is -3.79. The summed E-state index contributed by atoms with van der Waals surface area (Å²) in [5.41, 5.74) is 3.09. The van der Waals surface area contributed by atoms with Crippen LogP contribution in [0.25, 0.3) is 11.0 Å². The van der Waals surface area contributed by atoms with E-state index in [4.69, 9.17) is 21.3 Å². The first-order valence-electron chi connectivity index (χ1n) is 11.5. The van der Waals surface area contributed by atoms with E-state index >= 15 is 0 Å². The minimum absolute atomic E-state index is 0.0279. The number of carbonyl (C=O) groups excluding carboxylic acids is 1. The molecule has 0 saturated carbocycles. The molecule has 5 rings (SSSR count). The van der Waals surface area contributed by atoms with E-state index in [0.29, 0.717) is 22.0 Å². The first-order valence-corrected chi connectivity index (χ1v) is 11.9. The number of amides is 2. The Kier molecular flexibility index (Phi) is 7.22. The Morgan fingerprint density at radius 3 is 2.61 bits per heavy atom. The van der Waals surface area contributed by atoms with E-state index in [1.807, 2.05) is 0 Å². The van der Waals surface area contributed by atoms with Gasteiger partial charge in [0.1, 0.15) is 5.75 Å². The van der Waals surface area contributed by atoms with Crippen LogP contribution >= 0.6 is 11.6 Å². The van der Waals surface area contributed by atoms with Gasteiger partial charge in [0.15, 0.2) is 11.6 Å². The highest BCUT2D eigenvalue weighted by Crippen LogP contribution is 2.28. The normalized spacial score (nSPS) is 13.9. The Morgan fingerprint density at radius 1 is 1.03 bits per heavy atom. The Labute approximate surface area is 212 Å². The number of rotatable bonds is 6. The van der Waals surface area contributed by atoms with Gasteiger partial charge in [-0.15, -0.1) is 0 Å². The first kappa shape index (κ1) is 23.9. The van der Waals surface area contributed by atoms with Crippen LogP contribution in [0.3, 0.4) is 0 Å². The molecule has 3 N–H and O–H groups in total. The summed E-state index contributed by atoms with van der Waals surface area (Å²) in [4.78, 5) is 23.8. The van der Waals surface area contributed by atoms with Gasteiger partial charge in [0.05, 0.1) is 22.9 Å². The van der Waals surface area contributed by atoms with Crippen LogP contribution in [0, 0.1) is 5.82 Å². The standard InChI is InChI=1S/C26H24ClFN6O2/c27-17-2-1-3-18(12-17)32-26(35)33-19-4-7-25(22(28)13-19)36-21-5-6-23-24(14-21)31-20(15-30-23)16-34-10-8-29-9-11-34/h1-7,12-15,29H,8-11,16H2,(H2,32,33,35). The molecule has 3 aromatic carbocycles. The van der Waals surface area contributed by atoms with Crippen molar-refractivity contribution in [3.63, 3.8) is 0 Å². The molecule has 1 aromatic heterocycles. The third-order valence-corrected chi connectivity index (χ3v) is 5.89. The van der Waals surface area contributed by atoms with Gasteiger partial charge < -0.3 is 20.7 Å². The zero-order chi connectivity index (χ0) is 24.9. The van der Waals surface area contributed by atoms with Crippen molar-refractivity contribution in [2.75, 3.05) is 36.8 Å². The molecular formula is C26H24ClFN6O2. The third-order valence-electron chi connectivity index (χ3n) is 5.66. The lowest BCUT2D eigenvalue weighted by Crippen LogP contribution is -2.43. The van der Waals surface area contributed by atoms with Crippen molar-refractivity contribution in [1.82, 2.24) is 20.2 Å². The predicted molar refractivity (Wildman–Crippen MR) is 138 cm³/mol. The maximum absolute atomic E-state index is 14.8. The number of fused-ring (bicyclic) bond motifs is 1. The molecule has 0 unspecified atom stereocenters. The molecule has 36 heavy (non-hydrogen) atoms. The molecule has 0 atom stereocenters. The maximum Gasteiger partial charge on any atom is 0.323 e. The van der Waals surface area contributed by atoms with Crippen molar-refractivity contribution in [1.29, 1.82) is 0 Å². The molecular weight excluding hydrogens is 483 g/mol. The number of halogens is 2. The molecule has 2 heterocycles. The van der Waals surface area contributed by atoms with E-state index in [1.54, 1.807) is 54.7 Å². The molecule has 184 valence electrons. The fourth-order valence-electron chi connectivity index (χ4n) is 3.92. The van der Waals surface area contributed by atoms with Gasteiger partial charge in [-0.1, -0.05) is 17.7 Å². The number of piperazine rings is 1. The second-order valence-corrected chi connectivity index (χ2v) is 8.81. The summed E-state index contributed by atoms with van der Waals surface area (Å²) in [5, 5.41) is 9.07. The third kappa shape index (κ3) is 6.06. The molecule has 4 aromatic rings. The van der Waals surface area contributed by atoms with Crippen LogP contribution in [-0.2, 0) is 6.54 Å². The second kappa shape index (κ2) is 10.9. The summed E-state index contributed by atoms with van der Waals surface area (Å²) in [5.74, 6) is -0.149. The number of anilines is 2. The Bertz CT molecular complexity index is 1400. The molecule has 0 radical (unpaired) electrons. The summed E-state index contributed by atoms with van der Waals surface area (Å²) >= 11 is 5.93. The summed E-state index contributed by atoms with van der Waals surface area (Å²) in [7, 11) is 0. The molecule has 0 bridgehead atoms. The van der Waals surface area contributed by atoms with Crippen molar-refractivity contribution in [2.45, 2.75) is 6.54 Å². The van der Waals surface area contributed by atoms with Crippen molar-refractivity contribution in [3.8, 4) is 11.5 Å². The van der Waals surface area contributed by atoms with E-state index in [9.17, 15) is 9.18 Å². The largest absolute Gasteiger partial charge is 0.454 e. The van der Waals surface area contributed by atoms with E-state index in [-0.39, 0.29) is 11.4 Å². The molecule has 0 aliphatic carbocycles. The Balaban J connectivity index is 1.25. The molecule has 1 fully saturated rings. The zero-order valence-corrected chi connectivity index (χ0v) is 20.1. The lowest BCUT2D eigenvalue weighted by Gasteiger charge is -2.26. The number of hydrogen-bond acceptors (Lipinski definition) is 6. The van der Waals surface area contributed by atoms with E-state index in [2.05, 4.69) is 25.8 Å². The van der Waals surface area contributed by atoms with Crippen LogP contribution in [0.2, 0.25) is 5.02 Å². The molecule has 10 heteroatoms. The van der Waals surface area contributed by atoms with E-state index in [1.165, 1.54) is 12.1 Å². The zero-order valence-electron chi connectivity index (χ0n) is 19.3. The number of aromatic nitrogens is 2. The number of urea groups is 1. The molecule has 2 amide bonds. The topological polar surface area (TPSA) is 91.4 Å².